The number of Topliss-reactive ketones (excluding diaryl/α,β-unsaturated/α-hetero) is 1. The van der Waals surface area contributed by atoms with Crippen LogP contribution in [0.2, 0.25) is 0 Å². The highest BCUT2D eigenvalue weighted by atomic mass is 16.5. The zero-order valence-electron chi connectivity index (χ0n) is 10.9. The van der Waals surface area contributed by atoms with Crippen LogP contribution in [-0.2, 0) is 16.0 Å². The van der Waals surface area contributed by atoms with Crippen LogP contribution in [0, 0.1) is 0 Å². The summed E-state index contributed by atoms with van der Waals surface area (Å²) in [6, 6.07) is 0.978. The molecule has 0 amide bonds. The molecule has 0 aliphatic carbocycles. The van der Waals surface area contributed by atoms with Crippen molar-refractivity contribution in [1.29, 1.82) is 0 Å². The van der Waals surface area contributed by atoms with E-state index in [1.54, 1.807) is 13.0 Å². The fourth-order valence-corrected chi connectivity index (χ4v) is 2.42. The lowest BCUT2D eigenvalue weighted by Gasteiger charge is -2.14. The van der Waals surface area contributed by atoms with Crippen molar-refractivity contribution in [1.82, 2.24) is 4.57 Å². The summed E-state index contributed by atoms with van der Waals surface area (Å²) < 4.78 is 6.02. The number of esters is 1. The Kier molecular flexibility index (Phi) is 3.42. The third-order valence-corrected chi connectivity index (χ3v) is 3.44. The van der Waals surface area contributed by atoms with Gasteiger partial charge in [0.05, 0.1) is 7.11 Å². The fourth-order valence-electron chi connectivity index (χ4n) is 2.42. The highest BCUT2D eigenvalue weighted by Crippen LogP contribution is 2.27. The lowest BCUT2D eigenvalue weighted by atomic mass is 10.1. The molecule has 2 heterocycles. The second-order valence-corrected chi connectivity index (χ2v) is 4.49. The zero-order chi connectivity index (χ0) is 14.2. The van der Waals surface area contributed by atoms with Gasteiger partial charge in [0.1, 0.15) is 11.7 Å². The first-order valence-electron chi connectivity index (χ1n) is 6.16. The van der Waals surface area contributed by atoms with Crippen LogP contribution in [0.4, 0.5) is 5.69 Å². The van der Waals surface area contributed by atoms with Gasteiger partial charge in [-0.15, -0.1) is 0 Å². The normalized spacial score (nSPS) is 17.1. The van der Waals surface area contributed by atoms with Crippen LogP contribution in [0.3, 0.4) is 0 Å². The van der Waals surface area contributed by atoms with Crippen molar-refractivity contribution in [2.24, 2.45) is 0 Å². The molecule has 1 atom stereocenters. The number of aromatic nitrogens is 1. The highest BCUT2D eigenvalue weighted by Gasteiger charge is 2.32. The van der Waals surface area contributed by atoms with Gasteiger partial charge in [0.25, 0.3) is 5.56 Å². The molecule has 1 aliphatic rings. The van der Waals surface area contributed by atoms with Crippen molar-refractivity contribution >= 4 is 17.4 Å². The smallest absolute Gasteiger partial charge is 0.328 e. The maximum atomic E-state index is 12.2. The van der Waals surface area contributed by atoms with E-state index < -0.39 is 17.6 Å². The van der Waals surface area contributed by atoms with E-state index in [0.717, 1.165) is 0 Å². The van der Waals surface area contributed by atoms with E-state index in [2.05, 4.69) is 4.74 Å². The number of nitrogens with two attached hydrogens (primary N) is 1. The Morgan fingerprint density at radius 3 is 2.79 bits per heavy atom. The predicted octanol–water partition coefficient (Wildman–Crippen LogP) is 0.683. The first kappa shape index (κ1) is 13.3. The number of hydrogen-bond donors (Lipinski definition) is 1. The molecule has 102 valence electrons. The minimum absolute atomic E-state index is 0.0913. The van der Waals surface area contributed by atoms with Gasteiger partial charge in [-0.05, 0) is 18.9 Å². The molecule has 1 aromatic heterocycles. The van der Waals surface area contributed by atoms with Crippen LogP contribution in [0.5, 0.6) is 0 Å². The number of hydrogen-bond acceptors (Lipinski definition) is 5. The molecule has 1 unspecified atom stereocenters. The van der Waals surface area contributed by atoms with E-state index in [0.29, 0.717) is 18.5 Å². The summed E-state index contributed by atoms with van der Waals surface area (Å²) in [5, 5.41) is 0. The Bertz CT molecular complexity index is 603. The Morgan fingerprint density at radius 2 is 2.21 bits per heavy atom. The molecule has 1 aromatic rings. The number of nitrogens with zero attached hydrogens (tertiary/aromatic N) is 1. The molecular formula is C13H16N2O4. The molecule has 0 fully saturated rings. The summed E-state index contributed by atoms with van der Waals surface area (Å²) in [5.41, 5.74) is 6.07. The number of fused-ring (bicyclic) bond motifs is 1. The SMILES string of the molecule is CCC(=O)c1cc2n(c(=O)c1N)C(C(=O)OC)CC2. The lowest BCUT2D eigenvalue weighted by Crippen LogP contribution is -2.31. The molecule has 0 saturated carbocycles. The number of aryl methyl sites for hydroxylation is 1. The molecule has 2 N–H and O–H groups in total. The Balaban J connectivity index is 2.59. The second kappa shape index (κ2) is 4.87. The number of rotatable bonds is 3. The largest absolute Gasteiger partial charge is 0.467 e. The number of ketones is 1. The number of pyridine rings is 1. The van der Waals surface area contributed by atoms with Crippen molar-refractivity contribution in [2.75, 3.05) is 12.8 Å². The number of anilines is 1. The summed E-state index contributed by atoms with van der Waals surface area (Å²) >= 11 is 0. The standard InChI is InChI=1S/C13H16N2O4/c1-3-10(16)8-6-7-4-5-9(13(18)19-2)15(7)12(17)11(8)14/h6,9H,3-5,14H2,1-2H3. The van der Waals surface area contributed by atoms with Gasteiger partial charge in [-0.3, -0.25) is 14.2 Å². The monoisotopic (exact) mass is 264 g/mol. The summed E-state index contributed by atoms with van der Waals surface area (Å²) in [5.74, 6) is -0.630. The quantitative estimate of drug-likeness (QED) is 0.640. The molecule has 19 heavy (non-hydrogen) atoms. The molecule has 6 nitrogen and oxygen atoms in total. The van der Waals surface area contributed by atoms with Gasteiger partial charge >= 0.3 is 5.97 Å². The number of carbonyl (C=O) groups is 2. The van der Waals surface area contributed by atoms with Gasteiger partial charge in [0.2, 0.25) is 0 Å². The second-order valence-electron chi connectivity index (χ2n) is 4.49. The van der Waals surface area contributed by atoms with Gasteiger partial charge < -0.3 is 10.5 Å². The van der Waals surface area contributed by atoms with Gasteiger partial charge in [0, 0.05) is 17.7 Å². The molecule has 0 radical (unpaired) electrons. The summed E-state index contributed by atoms with van der Waals surface area (Å²) in [6.45, 7) is 1.71. The molecule has 6 heteroatoms. The number of nitrogen functional groups attached to an aromatic ring is 1. The van der Waals surface area contributed by atoms with E-state index in [-0.39, 0.29) is 23.5 Å². The average molecular weight is 264 g/mol. The first-order chi connectivity index (χ1) is 9.01. The van der Waals surface area contributed by atoms with Crippen molar-refractivity contribution in [3.63, 3.8) is 0 Å². The van der Waals surface area contributed by atoms with Gasteiger partial charge in [0.15, 0.2) is 5.78 Å². The van der Waals surface area contributed by atoms with Gasteiger partial charge in [-0.2, -0.15) is 0 Å². The van der Waals surface area contributed by atoms with E-state index in [9.17, 15) is 14.4 Å². The number of methoxy groups -OCH3 is 1. The van der Waals surface area contributed by atoms with Crippen LogP contribution in [0.15, 0.2) is 10.9 Å². The maximum absolute atomic E-state index is 12.2. The van der Waals surface area contributed by atoms with Crippen molar-refractivity contribution in [3.05, 3.63) is 27.7 Å². The molecule has 0 saturated heterocycles. The molecule has 0 spiro atoms. The van der Waals surface area contributed by atoms with E-state index in [1.165, 1.54) is 11.7 Å². The van der Waals surface area contributed by atoms with Crippen molar-refractivity contribution in [3.8, 4) is 0 Å². The third kappa shape index (κ3) is 2.03. The van der Waals surface area contributed by atoms with Crippen LogP contribution >= 0.6 is 0 Å². The summed E-state index contributed by atoms with van der Waals surface area (Å²) in [4.78, 5) is 35.6. The number of ether oxygens (including phenoxy) is 1. The highest BCUT2D eigenvalue weighted by molar-refractivity contribution is 6.00. The Morgan fingerprint density at radius 1 is 1.53 bits per heavy atom. The van der Waals surface area contributed by atoms with Crippen molar-refractivity contribution < 1.29 is 14.3 Å². The van der Waals surface area contributed by atoms with Crippen LogP contribution in [0.25, 0.3) is 0 Å². The van der Waals surface area contributed by atoms with Gasteiger partial charge in [-0.25, -0.2) is 4.79 Å². The van der Waals surface area contributed by atoms with Crippen LogP contribution < -0.4 is 11.3 Å². The predicted molar refractivity (Wildman–Crippen MR) is 69.1 cm³/mol. The molecule has 0 aromatic carbocycles. The van der Waals surface area contributed by atoms with E-state index in [1.807, 2.05) is 0 Å². The minimum Gasteiger partial charge on any atom is -0.467 e. The third-order valence-electron chi connectivity index (χ3n) is 3.44. The van der Waals surface area contributed by atoms with E-state index >= 15 is 0 Å². The fraction of sp³-hybridized carbons (Fsp3) is 0.462. The van der Waals surface area contributed by atoms with Crippen LogP contribution in [-0.4, -0.2) is 23.4 Å². The average Bonchev–Trinajstić information content (AvgIpc) is 2.85. The Labute approximate surface area is 110 Å². The molecule has 1 aliphatic heterocycles. The maximum Gasteiger partial charge on any atom is 0.328 e. The van der Waals surface area contributed by atoms with Gasteiger partial charge in [-0.1, -0.05) is 6.92 Å². The van der Waals surface area contributed by atoms with E-state index in [4.69, 9.17) is 5.73 Å². The summed E-state index contributed by atoms with van der Waals surface area (Å²) in [6.07, 6.45) is 1.33. The molecular weight excluding hydrogens is 248 g/mol. The zero-order valence-corrected chi connectivity index (χ0v) is 10.9. The van der Waals surface area contributed by atoms with Crippen molar-refractivity contribution in [2.45, 2.75) is 32.2 Å². The first-order valence-corrected chi connectivity index (χ1v) is 6.16. The minimum atomic E-state index is -0.638. The molecule has 2 rings (SSSR count). The number of carbonyl (C=O) groups excluding carboxylic acids is 2. The Hall–Kier alpha value is -2.11. The lowest BCUT2D eigenvalue weighted by molar-refractivity contribution is -0.144. The molecule has 0 bridgehead atoms. The summed E-state index contributed by atoms with van der Waals surface area (Å²) in [7, 11) is 1.28. The van der Waals surface area contributed by atoms with Crippen LogP contribution in [0.1, 0.15) is 41.9 Å². The topological polar surface area (TPSA) is 91.4 Å².